The minimum absolute atomic E-state index is 0.181. The zero-order valence-electron chi connectivity index (χ0n) is 7.68. The predicted octanol–water partition coefficient (Wildman–Crippen LogP) is 2.31. The molecule has 0 atom stereocenters. The topological polar surface area (TPSA) is 28.4 Å². The maximum absolute atomic E-state index is 10.8. The van der Waals surface area contributed by atoms with E-state index in [1.807, 2.05) is 26.0 Å². The lowest BCUT2D eigenvalue weighted by molar-refractivity contribution is -0.116. The fourth-order valence-corrected chi connectivity index (χ4v) is 1.27. The van der Waals surface area contributed by atoms with E-state index in [-0.39, 0.29) is 5.78 Å². The number of hydrogen-bond acceptors (Lipinski definition) is 1. The second kappa shape index (κ2) is 3.48. The van der Waals surface area contributed by atoms with E-state index < -0.39 is 0 Å². The van der Waals surface area contributed by atoms with Gasteiger partial charge in [0.1, 0.15) is 5.78 Å². The van der Waals surface area contributed by atoms with Gasteiger partial charge in [0.25, 0.3) is 0 Å². The Morgan fingerprint density at radius 1 is 1.33 bits per heavy atom. The highest BCUT2D eigenvalue weighted by atomic mass is 16.3. The Kier molecular flexibility index (Phi) is 2.58. The molecule has 0 amide bonds. The van der Waals surface area contributed by atoms with Gasteiger partial charge < -0.3 is 0 Å². The highest BCUT2D eigenvalue weighted by Gasteiger charge is 2.08. The molecular formula is C10H13O2+. The van der Waals surface area contributed by atoms with Gasteiger partial charge in [-0.25, -0.2) is 4.42 Å². The van der Waals surface area contributed by atoms with Gasteiger partial charge in [0, 0.05) is 18.6 Å². The van der Waals surface area contributed by atoms with Crippen LogP contribution >= 0.6 is 0 Å². The normalized spacial score (nSPS) is 9.92. The Balaban J connectivity index is 2.93. The molecule has 1 rings (SSSR count). The third kappa shape index (κ3) is 2.46. The zero-order valence-corrected chi connectivity index (χ0v) is 7.68. The van der Waals surface area contributed by atoms with E-state index in [4.69, 9.17) is 4.42 Å². The summed E-state index contributed by atoms with van der Waals surface area (Å²) in [5.74, 6) is 1.89. The van der Waals surface area contributed by atoms with Crippen LogP contribution in [-0.2, 0) is 11.2 Å². The number of rotatable bonds is 2. The van der Waals surface area contributed by atoms with Crippen molar-refractivity contribution < 1.29 is 9.21 Å². The van der Waals surface area contributed by atoms with Gasteiger partial charge in [0.15, 0.2) is 0 Å². The summed E-state index contributed by atoms with van der Waals surface area (Å²) in [7, 11) is 0. The Hall–Kier alpha value is -1.18. The molecule has 0 bridgehead atoms. The molecule has 1 aromatic heterocycles. The maximum atomic E-state index is 10.8. The van der Waals surface area contributed by atoms with E-state index >= 15 is 0 Å². The van der Waals surface area contributed by atoms with Crippen molar-refractivity contribution >= 4 is 5.78 Å². The lowest BCUT2D eigenvalue weighted by Gasteiger charge is -1.93. The fourth-order valence-electron chi connectivity index (χ4n) is 1.27. The standard InChI is InChI=1S/C10H13O2/c1-7(11)4-10-5-8(2)12-9(3)6-10/h5-6H,4H2,1-3H3/q+1. The molecule has 2 heteroatoms. The van der Waals surface area contributed by atoms with Crippen LogP contribution in [0.15, 0.2) is 16.5 Å². The summed E-state index contributed by atoms with van der Waals surface area (Å²) in [5.41, 5.74) is 1.03. The molecule has 0 spiro atoms. The molecule has 1 aromatic rings. The van der Waals surface area contributed by atoms with E-state index in [0.29, 0.717) is 6.42 Å². The Morgan fingerprint density at radius 3 is 2.25 bits per heavy atom. The number of ketones is 1. The first kappa shape index (κ1) is 8.91. The summed E-state index contributed by atoms with van der Waals surface area (Å²) in [6.45, 7) is 5.36. The molecule has 2 nitrogen and oxygen atoms in total. The van der Waals surface area contributed by atoms with Crippen LogP contribution in [0.4, 0.5) is 0 Å². The maximum Gasteiger partial charge on any atom is 0.326 e. The van der Waals surface area contributed by atoms with Gasteiger partial charge in [-0.1, -0.05) is 0 Å². The Labute approximate surface area is 72.2 Å². The van der Waals surface area contributed by atoms with Crippen LogP contribution in [0, 0.1) is 13.8 Å². The van der Waals surface area contributed by atoms with Crippen LogP contribution in [-0.4, -0.2) is 5.78 Å². The fraction of sp³-hybridized carbons (Fsp3) is 0.400. The molecule has 0 N–H and O–H groups in total. The first-order chi connectivity index (χ1) is 5.58. The van der Waals surface area contributed by atoms with E-state index in [1.54, 1.807) is 6.92 Å². The number of aryl methyl sites for hydroxylation is 2. The first-order valence-corrected chi connectivity index (χ1v) is 3.97. The smallest absolute Gasteiger partial charge is 0.300 e. The second-order valence-electron chi connectivity index (χ2n) is 3.07. The Bertz CT molecular complexity index is 282. The van der Waals surface area contributed by atoms with Gasteiger partial charge in [0.05, 0.1) is 13.8 Å². The van der Waals surface area contributed by atoms with E-state index in [0.717, 1.165) is 17.1 Å². The van der Waals surface area contributed by atoms with Gasteiger partial charge in [-0.05, 0) is 12.5 Å². The molecule has 0 aliphatic carbocycles. The number of carbonyl (C=O) groups is 1. The third-order valence-electron chi connectivity index (χ3n) is 1.55. The largest absolute Gasteiger partial charge is 0.326 e. The van der Waals surface area contributed by atoms with Crippen LogP contribution in [0.2, 0.25) is 0 Å². The SMILES string of the molecule is CC(=O)Cc1cc(C)[o+]c(C)c1. The molecule has 0 fully saturated rings. The van der Waals surface area contributed by atoms with Crippen molar-refractivity contribution in [2.75, 3.05) is 0 Å². The molecule has 0 aromatic carbocycles. The van der Waals surface area contributed by atoms with Crippen LogP contribution < -0.4 is 0 Å². The van der Waals surface area contributed by atoms with E-state index in [1.165, 1.54) is 0 Å². The van der Waals surface area contributed by atoms with Gasteiger partial charge in [0.2, 0.25) is 0 Å². The van der Waals surface area contributed by atoms with Gasteiger partial charge in [-0.2, -0.15) is 0 Å². The zero-order chi connectivity index (χ0) is 9.14. The van der Waals surface area contributed by atoms with Crippen molar-refractivity contribution in [2.24, 2.45) is 0 Å². The molecule has 0 saturated carbocycles. The van der Waals surface area contributed by atoms with Gasteiger partial charge in [-0.15, -0.1) is 0 Å². The van der Waals surface area contributed by atoms with Crippen LogP contribution in [0.5, 0.6) is 0 Å². The summed E-state index contributed by atoms with van der Waals surface area (Å²) in [6, 6.07) is 3.79. The van der Waals surface area contributed by atoms with Crippen LogP contribution in [0.25, 0.3) is 0 Å². The lowest BCUT2D eigenvalue weighted by atomic mass is 10.1. The average Bonchev–Trinajstić information content (AvgIpc) is 1.81. The average molecular weight is 165 g/mol. The summed E-state index contributed by atoms with van der Waals surface area (Å²) < 4.78 is 5.29. The third-order valence-corrected chi connectivity index (χ3v) is 1.55. The quantitative estimate of drug-likeness (QED) is 0.629. The predicted molar refractivity (Wildman–Crippen MR) is 47.0 cm³/mol. The molecule has 0 aliphatic rings. The summed E-state index contributed by atoms with van der Waals surface area (Å²) in [4.78, 5) is 10.8. The monoisotopic (exact) mass is 165 g/mol. The van der Waals surface area contributed by atoms with Crippen molar-refractivity contribution in [3.05, 3.63) is 29.2 Å². The minimum Gasteiger partial charge on any atom is -0.300 e. The van der Waals surface area contributed by atoms with Crippen molar-refractivity contribution in [1.29, 1.82) is 0 Å². The second-order valence-corrected chi connectivity index (χ2v) is 3.07. The first-order valence-electron chi connectivity index (χ1n) is 3.97. The molecule has 1 heterocycles. The van der Waals surface area contributed by atoms with Crippen molar-refractivity contribution in [2.45, 2.75) is 27.2 Å². The lowest BCUT2D eigenvalue weighted by Crippen LogP contribution is -1.96. The number of hydrogen-bond donors (Lipinski definition) is 0. The molecule has 0 radical (unpaired) electrons. The van der Waals surface area contributed by atoms with Crippen LogP contribution in [0.3, 0.4) is 0 Å². The molecule has 64 valence electrons. The van der Waals surface area contributed by atoms with E-state index in [2.05, 4.69) is 0 Å². The Morgan fingerprint density at radius 2 is 1.83 bits per heavy atom. The highest BCUT2D eigenvalue weighted by Crippen LogP contribution is 2.09. The van der Waals surface area contributed by atoms with Crippen molar-refractivity contribution in [1.82, 2.24) is 0 Å². The van der Waals surface area contributed by atoms with Gasteiger partial charge >= 0.3 is 11.5 Å². The summed E-state index contributed by atoms with van der Waals surface area (Å²) in [6.07, 6.45) is 0.498. The molecule has 0 unspecified atom stereocenters. The molecule has 0 aliphatic heterocycles. The highest BCUT2D eigenvalue weighted by molar-refractivity contribution is 5.78. The van der Waals surface area contributed by atoms with Crippen LogP contribution in [0.1, 0.15) is 24.0 Å². The van der Waals surface area contributed by atoms with E-state index in [9.17, 15) is 4.79 Å². The molecule has 12 heavy (non-hydrogen) atoms. The van der Waals surface area contributed by atoms with Crippen molar-refractivity contribution in [3.8, 4) is 0 Å². The number of carbonyl (C=O) groups excluding carboxylic acids is 1. The summed E-state index contributed by atoms with van der Waals surface area (Å²) in [5, 5.41) is 0. The van der Waals surface area contributed by atoms with Crippen molar-refractivity contribution in [3.63, 3.8) is 0 Å². The molecular weight excluding hydrogens is 152 g/mol. The number of Topliss-reactive ketones (excluding diaryl/α,β-unsaturated/α-hetero) is 1. The minimum atomic E-state index is 0.181. The molecule has 0 saturated heterocycles. The van der Waals surface area contributed by atoms with Gasteiger partial charge in [-0.3, -0.25) is 4.79 Å². The summed E-state index contributed by atoms with van der Waals surface area (Å²) >= 11 is 0.